The summed E-state index contributed by atoms with van der Waals surface area (Å²) < 4.78 is 5.44. The maximum atomic E-state index is 5.44. The number of anilines is 1. The van der Waals surface area contributed by atoms with Gasteiger partial charge in [0.05, 0.1) is 0 Å². The Balaban J connectivity index is 2.39. The molecular weight excluding hydrogens is 192 g/mol. The zero-order valence-corrected chi connectivity index (χ0v) is 9.57. The molecule has 1 rings (SSSR count). The molecule has 0 amide bonds. The molecule has 0 unspecified atom stereocenters. The van der Waals surface area contributed by atoms with E-state index in [9.17, 15) is 0 Å². The second-order valence-electron chi connectivity index (χ2n) is 3.65. The van der Waals surface area contributed by atoms with Gasteiger partial charge in [-0.25, -0.2) is 0 Å². The number of nitrogens with two attached hydrogens (primary N) is 1. The molecule has 0 aliphatic rings. The molecule has 5 nitrogen and oxygen atoms in total. The smallest absolute Gasteiger partial charge is 0.317 e. The van der Waals surface area contributed by atoms with Crippen LogP contribution in [0.3, 0.4) is 0 Å². The minimum atomic E-state index is 0.543. The van der Waals surface area contributed by atoms with Crippen molar-refractivity contribution in [2.45, 2.75) is 32.6 Å². The molecule has 1 aromatic rings. The molecule has 5 heteroatoms. The van der Waals surface area contributed by atoms with Crippen molar-refractivity contribution in [2.75, 3.05) is 25.0 Å². The van der Waals surface area contributed by atoms with Gasteiger partial charge < -0.3 is 15.1 Å². The first-order valence-corrected chi connectivity index (χ1v) is 5.51. The van der Waals surface area contributed by atoms with Gasteiger partial charge >= 0.3 is 6.01 Å². The number of hydrogen-bond donors (Lipinski definition) is 1. The van der Waals surface area contributed by atoms with E-state index in [-0.39, 0.29) is 0 Å². The van der Waals surface area contributed by atoms with Gasteiger partial charge in [0.1, 0.15) is 0 Å². The molecule has 0 aromatic carbocycles. The van der Waals surface area contributed by atoms with Gasteiger partial charge in [-0.2, -0.15) is 0 Å². The Hall–Kier alpha value is -1.10. The van der Waals surface area contributed by atoms with Gasteiger partial charge in [0.15, 0.2) is 0 Å². The lowest BCUT2D eigenvalue weighted by atomic mass is 10.2. The molecule has 0 aliphatic heterocycles. The summed E-state index contributed by atoms with van der Waals surface area (Å²) >= 11 is 0. The third kappa shape index (κ3) is 3.87. The molecule has 0 atom stereocenters. The molecule has 1 heterocycles. The van der Waals surface area contributed by atoms with Crippen LogP contribution in [-0.2, 0) is 6.42 Å². The van der Waals surface area contributed by atoms with E-state index in [0.29, 0.717) is 24.9 Å². The summed E-state index contributed by atoms with van der Waals surface area (Å²) in [5, 5.41) is 7.88. The van der Waals surface area contributed by atoms with E-state index in [1.54, 1.807) is 0 Å². The Morgan fingerprint density at radius 2 is 2.13 bits per heavy atom. The van der Waals surface area contributed by atoms with Crippen molar-refractivity contribution in [3.05, 3.63) is 5.89 Å². The zero-order valence-electron chi connectivity index (χ0n) is 9.57. The molecule has 0 saturated heterocycles. The second kappa shape index (κ2) is 6.40. The lowest BCUT2D eigenvalue weighted by Gasteiger charge is -2.12. The highest BCUT2D eigenvalue weighted by Gasteiger charge is 2.09. The molecular formula is C10H20N4O. The first-order chi connectivity index (χ1) is 7.27. The molecule has 0 aliphatic carbocycles. The SMILES string of the molecule is CCCCCN(C)c1nnc(CCN)o1. The monoisotopic (exact) mass is 212 g/mol. The standard InChI is InChI=1S/C10H20N4O/c1-3-4-5-8-14(2)10-13-12-9(15-10)6-7-11/h3-8,11H2,1-2H3. The second-order valence-corrected chi connectivity index (χ2v) is 3.65. The van der Waals surface area contributed by atoms with Gasteiger partial charge in [-0.3, -0.25) is 0 Å². The fraction of sp³-hybridized carbons (Fsp3) is 0.800. The van der Waals surface area contributed by atoms with Crippen molar-refractivity contribution < 1.29 is 4.42 Å². The highest BCUT2D eigenvalue weighted by Crippen LogP contribution is 2.11. The molecule has 1 aromatic heterocycles. The molecule has 0 spiro atoms. The van der Waals surface area contributed by atoms with Crippen LogP contribution in [-0.4, -0.2) is 30.3 Å². The van der Waals surface area contributed by atoms with Crippen molar-refractivity contribution in [1.82, 2.24) is 10.2 Å². The van der Waals surface area contributed by atoms with Crippen LogP contribution in [0, 0.1) is 0 Å². The summed E-state index contributed by atoms with van der Waals surface area (Å²) in [5.74, 6) is 0.620. The Bertz CT molecular complexity index is 274. The summed E-state index contributed by atoms with van der Waals surface area (Å²) in [7, 11) is 1.97. The largest absolute Gasteiger partial charge is 0.408 e. The first kappa shape index (κ1) is 12.0. The van der Waals surface area contributed by atoms with Crippen molar-refractivity contribution in [1.29, 1.82) is 0 Å². The van der Waals surface area contributed by atoms with Crippen LogP contribution < -0.4 is 10.6 Å². The van der Waals surface area contributed by atoms with E-state index in [0.717, 1.165) is 13.0 Å². The van der Waals surface area contributed by atoms with Crippen molar-refractivity contribution in [3.63, 3.8) is 0 Å². The van der Waals surface area contributed by atoms with E-state index in [4.69, 9.17) is 10.2 Å². The van der Waals surface area contributed by atoms with Crippen LogP contribution in [0.1, 0.15) is 32.1 Å². The Morgan fingerprint density at radius 1 is 1.33 bits per heavy atom. The normalized spacial score (nSPS) is 10.6. The van der Waals surface area contributed by atoms with Crippen molar-refractivity contribution >= 4 is 6.01 Å². The maximum absolute atomic E-state index is 5.44. The third-order valence-electron chi connectivity index (χ3n) is 2.24. The van der Waals surface area contributed by atoms with Gasteiger partial charge in [-0.1, -0.05) is 24.9 Å². The fourth-order valence-corrected chi connectivity index (χ4v) is 1.32. The first-order valence-electron chi connectivity index (χ1n) is 5.51. The van der Waals surface area contributed by atoms with Crippen molar-refractivity contribution in [3.8, 4) is 0 Å². The summed E-state index contributed by atoms with van der Waals surface area (Å²) in [5.41, 5.74) is 5.40. The van der Waals surface area contributed by atoms with Gasteiger partial charge in [-0.15, -0.1) is 5.10 Å². The van der Waals surface area contributed by atoms with Crippen LogP contribution in [0.2, 0.25) is 0 Å². The summed E-state index contributed by atoms with van der Waals surface area (Å²) in [6, 6.07) is 0.592. The number of rotatable bonds is 7. The molecule has 0 saturated carbocycles. The molecule has 0 fully saturated rings. The molecule has 2 N–H and O–H groups in total. The topological polar surface area (TPSA) is 68.2 Å². The minimum absolute atomic E-state index is 0.543. The van der Waals surface area contributed by atoms with Crippen LogP contribution in [0.25, 0.3) is 0 Å². The lowest BCUT2D eigenvalue weighted by molar-refractivity contribution is 0.487. The average molecular weight is 212 g/mol. The van der Waals surface area contributed by atoms with Gasteiger partial charge in [0.2, 0.25) is 5.89 Å². The molecule has 0 radical (unpaired) electrons. The van der Waals surface area contributed by atoms with E-state index < -0.39 is 0 Å². The van der Waals surface area contributed by atoms with Gasteiger partial charge in [0, 0.05) is 26.6 Å². The molecule has 15 heavy (non-hydrogen) atoms. The highest BCUT2D eigenvalue weighted by molar-refractivity contribution is 5.21. The number of aromatic nitrogens is 2. The molecule has 0 bridgehead atoms. The van der Waals surface area contributed by atoms with Crippen LogP contribution in [0.15, 0.2) is 4.42 Å². The fourth-order valence-electron chi connectivity index (χ4n) is 1.32. The predicted molar refractivity (Wildman–Crippen MR) is 59.9 cm³/mol. The predicted octanol–water partition coefficient (Wildman–Crippen LogP) is 1.20. The van der Waals surface area contributed by atoms with Crippen LogP contribution in [0.5, 0.6) is 0 Å². The summed E-state index contributed by atoms with van der Waals surface area (Å²) in [4.78, 5) is 1.99. The number of hydrogen-bond acceptors (Lipinski definition) is 5. The van der Waals surface area contributed by atoms with E-state index in [1.165, 1.54) is 12.8 Å². The zero-order chi connectivity index (χ0) is 11.1. The number of nitrogens with zero attached hydrogens (tertiary/aromatic N) is 3. The van der Waals surface area contributed by atoms with Crippen LogP contribution >= 0.6 is 0 Å². The molecule has 86 valence electrons. The Morgan fingerprint density at radius 3 is 2.80 bits per heavy atom. The average Bonchev–Trinajstić information content (AvgIpc) is 2.67. The Labute approximate surface area is 90.7 Å². The highest BCUT2D eigenvalue weighted by atomic mass is 16.4. The Kier molecular flexibility index (Phi) is 5.10. The van der Waals surface area contributed by atoms with E-state index in [2.05, 4.69) is 17.1 Å². The number of unbranched alkanes of at least 4 members (excludes halogenated alkanes) is 2. The lowest BCUT2D eigenvalue weighted by Crippen LogP contribution is -2.18. The summed E-state index contributed by atoms with van der Waals surface area (Å²) in [6.45, 7) is 3.69. The minimum Gasteiger partial charge on any atom is -0.408 e. The summed E-state index contributed by atoms with van der Waals surface area (Å²) in [6.07, 6.45) is 4.25. The van der Waals surface area contributed by atoms with Crippen LogP contribution in [0.4, 0.5) is 6.01 Å². The van der Waals surface area contributed by atoms with E-state index in [1.807, 2.05) is 11.9 Å². The van der Waals surface area contributed by atoms with E-state index >= 15 is 0 Å². The van der Waals surface area contributed by atoms with Crippen molar-refractivity contribution in [2.24, 2.45) is 5.73 Å². The van der Waals surface area contributed by atoms with Gasteiger partial charge in [0.25, 0.3) is 0 Å². The quantitative estimate of drug-likeness (QED) is 0.688. The third-order valence-corrected chi connectivity index (χ3v) is 2.24. The van der Waals surface area contributed by atoms with Gasteiger partial charge in [-0.05, 0) is 6.42 Å². The maximum Gasteiger partial charge on any atom is 0.317 e.